The van der Waals surface area contributed by atoms with Crippen molar-refractivity contribution in [1.82, 2.24) is 15.0 Å². The first kappa shape index (κ1) is 10.7. The van der Waals surface area contributed by atoms with Gasteiger partial charge in [0.2, 0.25) is 0 Å². The van der Waals surface area contributed by atoms with E-state index >= 15 is 0 Å². The summed E-state index contributed by atoms with van der Waals surface area (Å²) < 4.78 is 2.60. The first-order chi connectivity index (χ1) is 5.99. The molecule has 0 saturated heterocycles. The van der Waals surface area contributed by atoms with Crippen LogP contribution in [0.1, 0.15) is 26.0 Å². The second kappa shape index (κ2) is 3.75. The first-order valence-corrected chi connectivity index (χ1v) is 5.04. The fourth-order valence-electron chi connectivity index (χ4n) is 1.53. The molecule has 74 valence electrons. The van der Waals surface area contributed by atoms with Gasteiger partial charge in [0, 0.05) is 12.5 Å². The standard InChI is InChI=1S/C8H15BrN4/c1-8(2,4-5-10)6-7(9)11-12-13(6)3/h4-5,10H2,1-3H3. The summed E-state index contributed by atoms with van der Waals surface area (Å²) in [7, 11) is 1.89. The summed E-state index contributed by atoms with van der Waals surface area (Å²) in [6.07, 6.45) is 0.923. The summed E-state index contributed by atoms with van der Waals surface area (Å²) in [6.45, 7) is 4.96. The molecule has 0 aliphatic rings. The highest BCUT2D eigenvalue weighted by molar-refractivity contribution is 9.10. The molecule has 1 aromatic heterocycles. The summed E-state index contributed by atoms with van der Waals surface area (Å²) in [4.78, 5) is 0. The zero-order valence-electron chi connectivity index (χ0n) is 8.21. The van der Waals surface area contributed by atoms with Crippen molar-refractivity contribution in [2.45, 2.75) is 25.7 Å². The summed E-state index contributed by atoms with van der Waals surface area (Å²) >= 11 is 3.39. The molecule has 1 rings (SSSR count). The van der Waals surface area contributed by atoms with E-state index in [4.69, 9.17) is 5.73 Å². The van der Waals surface area contributed by atoms with Gasteiger partial charge in [0.1, 0.15) is 0 Å². The molecular formula is C8H15BrN4. The number of aryl methyl sites for hydroxylation is 1. The van der Waals surface area contributed by atoms with Gasteiger partial charge in [-0.05, 0) is 28.9 Å². The normalized spacial score (nSPS) is 12.1. The topological polar surface area (TPSA) is 56.7 Å². The quantitative estimate of drug-likeness (QED) is 0.873. The second-order valence-corrected chi connectivity index (χ2v) is 4.53. The summed E-state index contributed by atoms with van der Waals surface area (Å²) in [5, 5.41) is 7.90. The fourth-order valence-corrected chi connectivity index (χ4v) is 2.39. The number of halogens is 1. The number of nitrogens with two attached hydrogens (primary N) is 1. The van der Waals surface area contributed by atoms with E-state index in [0.29, 0.717) is 6.54 Å². The molecule has 13 heavy (non-hydrogen) atoms. The SMILES string of the molecule is Cn1nnc(Br)c1C(C)(C)CCN. The van der Waals surface area contributed by atoms with E-state index in [1.807, 2.05) is 7.05 Å². The fraction of sp³-hybridized carbons (Fsp3) is 0.750. The zero-order chi connectivity index (χ0) is 10.1. The third-order valence-corrected chi connectivity index (χ3v) is 2.73. The Hall–Kier alpha value is -0.420. The molecular weight excluding hydrogens is 232 g/mol. The maximum atomic E-state index is 5.56. The van der Waals surface area contributed by atoms with Gasteiger partial charge in [0.05, 0.1) is 5.69 Å². The molecule has 0 unspecified atom stereocenters. The molecule has 0 aliphatic heterocycles. The van der Waals surface area contributed by atoms with E-state index in [1.54, 1.807) is 4.68 Å². The van der Waals surface area contributed by atoms with Crippen LogP contribution in [-0.4, -0.2) is 21.5 Å². The van der Waals surface area contributed by atoms with E-state index in [1.165, 1.54) is 0 Å². The van der Waals surface area contributed by atoms with Gasteiger partial charge >= 0.3 is 0 Å². The molecule has 0 bridgehead atoms. The Morgan fingerprint density at radius 2 is 2.15 bits per heavy atom. The lowest BCUT2D eigenvalue weighted by Gasteiger charge is -2.23. The number of rotatable bonds is 3. The molecule has 0 radical (unpaired) electrons. The lowest BCUT2D eigenvalue weighted by atomic mass is 9.86. The minimum absolute atomic E-state index is 0.0197. The molecule has 0 saturated carbocycles. The molecule has 0 aromatic carbocycles. The Morgan fingerprint density at radius 3 is 2.54 bits per heavy atom. The molecule has 0 amide bonds. The van der Waals surface area contributed by atoms with Crippen LogP contribution in [0, 0.1) is 0 Å². The van der Waals surface area contributed by atoms with Crippen LogP contribution >= 0.6 is 15.9 Å². The average Bonchev–Trinajstić information content (AvgIpc) is 2.31. The van der Waals surface area contributed by atoms with Crippen LogP contribution in [0.2, 0.25) is 0 Å². The van der Waals surface area contributed by atoms with E-state index in [2.05, 4.69) is 40.1 Å². The average molecular weight is 247 g/mol. The Labute approximate surface area is 86.6 Å². The molecule has 0 atom stereocenters. The van der Waals surface area contributed by atoms with Gasteiger partial charge in [-0.25, -0.2) is 0 Å². The van der Waals surface area contributed by atoms with Gasteiger partial charge < -0.3 is 5.73 Å². The van der Waals surface area contributed by atoms with Crippen molar-refractivity contribution in [3.8, 4) is 0 Å². The predicted molar refractivity (Wildman–Crippen MR) is 55.4 cm³/mol. The number of nitrogens with zero attached hydrogens (tertiary/aromatic N) is 3. The maximum Gasteiger partial charge on any atom is 0.152 e. The number of aromatic nitrogens is 3. The molecule has 0 aliphatic carbocycles. The Balaban J connectivity index is 3.05. The van der Waals surface area contributed by atoms with Crippen LogP contribution in [0.25, 0.3) is 0 Å². The van der Waals surface area contributed by atoms with Gasteiger partial charge in [0.25, 0.3) is 0 Å². The number of hydrogen-bond acceptors (Lipinski definition) is 3. The minimum Gasteiger partial charge on any atom is -0.330 e. The Kier molecular flexibility index (Phi) is 3.08. The minimum atomic E-state index is 0.0197. The lowest BCUT2D eigenvalue weighted by Crippen LogP contribution is -2.25. The number of hydrogen-bond donors (Lipinski definition) is 1. The Morgan fingerprint density at radius 1 is 1.54 bits per heavy atom. The van der Waals surface area contributed by atoms with Crippen molar-refractivity contribution in [3.05, 3.63) is 10.3 Å². The molecule has 5 heteroatoms. The van der Waals surface area contributed by atoms with Crippen LogP contribution in [0.4, 0.5) is 0 Å². The van der Waals surface area contributed by atoms with Crippen molar-refractivity contribution >= 4 is 15.9 Å². The third-order valence-electron chi connectivity index (χ3n) is 2.20. The van der Waals surface area contributed by atoms with E-state index in [-0.39, 0.29) is 5.41 Å². The van der Waals surface area contributed by atoms with Crippen LogP contribution in [0.15, 0.2) is 4.60 Å². The molecule has 0 fully saturated rings. The van der Waals surface area contributed by atoms with Crippen molar-refractivity contribution in [3.63, 3.8) is 0 Å². The molecule has 1 aromatic rings. The zero-order valence-corrected chi connectivity index (χ0v) is 9.80. The van der Waals surface area contributed by atoms with Gasteiger partial charge in [-0.3, -0.25) is 4.68 Å². The van der Waals surface area contributed by atoms with Gasteiger partial charge in [-0.2, -0.15) is 0 Å². The predicted octanol–water partition coefficient (Wildman–Crippen LogP) is 1.20. The second-order valence-electron chi connectivity index (χ2n) is 3.78. The maximum absolute atomic E-state index is 5.56. The highest BCUT2D eigenvalue weighted by Gasteiger charge is 2.26. The largest absolute Gasteiger partial charge is 0.330 e. The summed E-state index contributed by atoms with van der Waals surface area (Å²) in [5.74, 6) is 0. The molecule has 1 heterocycles. The van der Waals surface area contributed by atoms with Gasteiger partial charge in [0.15, 0.2) is 4.60 Å². The van der Waals surface area contributed by atoms with Crippen LogP contribution in [0.5, 0.6) is 0 Å². The van der Waals surface area contributed by atoms with E-state index < -0.39 is 0 Å². The van der Waals surface area contributed by atoms with Crippen molar-refractivity contribution in [2.75, 3.05) is 6.54 Å². The van der Waals surface area contributed by atoms with Crippen molar-refractivity contribution < 1.29 is 0 Å². The molecule has 4 nitrogen and oxygen atoms in total. The monoisotopic (exact) mass is 246 g/mol. The van der Waals surface area contributed by atoms with Gasteiger partial charge in [-0.15, -0.1) is 5.10 Å². The highest BCUT2D eigenvalue weighted by atomic mass is 79.9. The molecule has 2 N–H and O–H groups in total. The lowest BCUT2D eigenvalue weighted by molar-refractivity contribution is 0.445. The summed E-state index contributed by atoms with van der Waals surface area (Å²) in [5.41, 5.74) is 6.67. The highest BCUT2D eigenvalue weighted by Crippen LogP contribution is 2.30. The van der Waals surface area contributed by atoms with E-state index in [0.717, 1.165) is 16.7 Å². The van der Waals surface area contributed by atoms with Crippen LogP contribution < -0.4 is 5.73 Å². The van der Waals surface area contributed by atoms with Crippen molar-refractivity contribution in [2.24, 2.45) is 12.8 Å². The van der Waals surface area contributed by atoms with Crippen molar-refractivity contribution in [1.29, 1.82) is 0 Å². The first-order valence-electron chi connectivity index (χ1n) is 4.25. The van der Waals surface area contributed by atoms with Gasteiger partial charge in [-0.1, -0.05) is 19.1 Å². The molecule has 0 spiro atoms. The summed E-state index contributed by atoms with van der Waals surface area (Å²) in [6, 6.07) is 0. The van der Waals surface area contributed by atoms with Crippen LogP contribution in [0.3, 0.4) is 0 Å². The Bertz CT molecular complexity index is 273. The smallest absolute Gasteiger partial charge is 0.152 e. The van der Waals surface area contributed by atoms with E-state index in [9.17, 15) is 0 Å². The third kappa shape index (κ3) is 2.08. The van der Waals surface area contributed by atoms with Crippen LogP contribution in [-0.2, 0) is 12.5 Å².